The van der Waals surface area contributed by atoms with Gasteiger partial charge in [-0.2, -0.15) is 0 Å². The summed E-state index contributed by atoms with van der Waals surface area (Å²) in [6.07, 6.45) is -2.52. The molecule has 0 unspecified atom stereocenters. The van der Waals surface area contributed by atoms with Crippen molar-refractivity contribution in [1.82, 2.24) is 0 Å². The number of halogens is 2. The summed E-state index contributed by atoms with van der Waals surface area (Å²) in [6, 6.07) is 3.56. The molecule has 2 nitrogen and oxygen atoms in total. The number of benzene rings is 1. The molecule has 1 N–H and O–H groups in total. The van der Waals surface area contributed by atoms with Crippen LogP contribution >= 0.6 is 0 Å². The summed E-state index contributed by atoms with van der Waals surface area (Å²) in [6.45, 7) is 0. The zero-order valence-corrected chi connectivity index (χ0v) is 6.00. The molecule has 0 heterocycles. The summed E-state index contributed by atoms with van der Waals surface area (Å²) in [4.78, 5) is 10.3. The van der Waals surface area contributed by atoms with E-state index in [2.05, 4.69) is 0 Å². The quantitative estimate of drug-likeness (QED) is 0.694. The van der Waals surface area contributed by atoms with E-state index in [1.165, 1.54) is 12.1 Å². The Balaban J connectivity index is 3.27. The second-order valence-electron chi connectivity index (χ2n) is 2.20. The van der Waals surface area contributed by atoms with Crippen molar-refractivity contribution in [1.29, 1.82) is 0 Å². The molecule has 0 saturated heterocycles. The monoisotopic (exact) mass is 172 g/mol. The maximum absolute atomic E-state index is 12.1. The Morgan fingerprint density at radius 1 is 1.42 bits per heavy atom. The van der Waals surface area contributed by atoms with Crippen molar-refractivity contribution in [2.75, 3.05) is 0 Å². The minimum absolute atomic E-state index is 0.219. The SMILES string of the molecule is O=Cc1c(O)cccc1C(F)F. The molecule has 0 fully saturated rings. The van der Waals surface area contributed by atoms with Crippen LogP contribution in [0.4, 0.5) is 8.78 Å². The Labute approximate surface area is 67.4 Å². The molecule has 64 valence electrons. The normalized spacial score (nSPS) is 10.2. The highest BCUT2D eigenvalue weighted by atomic mass is 19.3. The standard InChI is InChI=1S/C8H6F2O2/c9-8(10)5-2-1-3-7(12)6(5)4-11/h1-4,8,12H. The number of aromatic hydroxyl groups is 1. The average molecular weight is 172 g/mol. The maximum atomic E-state index is 12.1. The van der Waals surface area contributed by atoms with Crippen LogP contribution in [-0.2, 0) is 0 Å². The van der Waals surface area contributed by atoms with E-state index in [0.717, 1.165) is 6.07 Å². The van der Waals surface area contributed by atoms with Crippen LogP contribution in [0.2, 0.25) is 0 Å². The first-order valence-corrected chi connectivity index (χ1v) is 3.22. The summed E-state index contributed by atoms with van der Waals surface area (Å²) >= 11 is 0. The van der Waals surface area contributed by atoms with Crippen LogP contribution in [0.1, 0.15) is 22.3 Å². The molecule has 0 aliphatic heterocycles. The summed E-state index contributed by atoms with van der Waals surface area (Å²) in [5, 5.41) is 8.98. The number of hydrogen-bond donors (Lipinski definition) is 1. The topological polar surface area (TPSA) is 37.3 Å². The molecule has 4 heteroatoms. The largest absolute Gasteiger partial charge is 0.507 e. The molecule has 12 heavy (non-hydrogen) atoms. The van der Waals surface area contributed by atoms with Gasteiger partial charge in [-0.1, -0.05) is 12.1 Å². The van der Waals surface area contributed by atoms with Crippen molar-refractivity contribution in [3.05, 3.63) is 29.3 Å². The molecule has 1 aromatic carbocycles. The minimum Gasteiger partial charge on any atom is -0.507 e. The number of alkyl halides is 2. The number of rotatable bonds is 2. The Kier molecular flexibility index (Phi) is 2.38. The smallest absolute Gasteiger partial charge is 0.264 e. The van der Waals surface area contributed by atoms with Gasteiger partial charge in [-0.25, -0.2) is 8.78 Å². The van der Waals surface area contributed by atoms with E-state index in [-0.39, 0.29) is 11.8 Å². The van der Waals surface area contributed by atoms with E-state index in [0.29, 0.717) is 0 Å². The highest BCUT2D eigenvalue weighted by Crippen LogP contribution is 2.27. The fourth-order valence-electron chi connectivity index (χ4n) is 0.889. The third-order valence-electron chi connectivity index (χ3n) is 1.47. The predicted molar refractivity (Wildman–Crippen MR) is 38.5 cm³/mol. The molecule has 0 spiro atoms. The first kappa shape index (κ1) is 8.64. The fourth-order valence-corrected chi connectivity index (χ4v) is 0.889. The Morgan fingerprint density at radius 2 is 2.08 bits per heavy atom. The lowest BCUT2D eigenvalue weighted by Crippen LogP contribution is -1.92. The van der Waals surface area contributed by atoms with Crippen LogP contribution in [-0.4, -0.2) is 11.4 Å². The van der Waals surface area contributed by atoms with Gasteiger partial charge < -0.3 is 5.11 Å². The molecule has 0 aliphatic rings. The molecule has 0 radical (unpaired) electrons. The Bertz CT molecular complexity index is 297. The average Bonchev–Trinajstić information content (AvgIpc) is 2.03. The van der Waals surface area contributed by atoms with Crippen LogP contribution in [0, 0.1) is 0 Å². The van der Waals surface area contributed by atoms with Crippen LogP contribution in [0.25, 0.3) is 0 Å². The first-order chi connectivity index (χ1) is 5.66. The molecule has 0 atom stereocenters. The zero-order valence-electron chi connectivity index (χ0n) is 6.00. The van der Waals surface area contributed by atoms with Crippen molar-refractivity contribution >= 4 is 6.29 Å². The van der Waals surface area contributed by atoms with Crippen molar-refractivity contribution in [3.8, 4) is 5.75 Å². The Hall–Kier alpha value is -1.45. The van der Waals surface area contributed by atoms with Gasteiger partial charge in [0.2, 0.25) is 0 Å². The van der Waals surface area contributed by atoms with E-state index in [1.54, 1.807) is 0 Å². The fraction of sp³-hybridized carbons (Fsp3) is 0.125. The lowest BCUT2D eigenvalue weighted by atomic mass is 10.1. The van der Waals surface area contributed by atoms with Crippen molar-refractivity contribution in [2.45, 2.75) is 6.43 Å². The van der Waals surface area contributed by atoms with Crippen molar-refractivity contribution in [2.24, 2.45) is 0 Å². The van der Waals surface area contributed by atoms with Gasteiger partial charge in [-0.05, 0) is 6.07 Å². The number of phenolic OH excluding ortho intramolecular Hbond substituents is 1. The van der Waals surface area contributed by atoms with E-state index >= 15 is 0 Å². The third-order valence-corrected chi connectivity index (χ3v) is 1.47. The number of carbonyl (C=O) groups is 1. The number of aldehydes is 1. The maximum Gasteiger partial charge on any atom is 0.264 e. The Morgan fingerprint density at radius 3 is 2.50 bits per heavy atom. The van der Waals surface area contributed by atoms with E-state index in [1.807, 2.05) is 0 Å². The highest BCUT2D eigenvalue weighted by Gasteiger charge is 2.14. The zero-order chi connectivity index (χ0) is 9.14. The van der Waals surface area contributed by atoms with Gasteiger partial charge in [-0.15, -0.1) is 0 Å². The molecule has 0 aromatic heterocycles. The molecule has 1 aromatic rings. The molecule has 0 aliphatic carbocycles. The molecular formula is C8H6F2O2. The molecule has 0 amide bonds. The van der Waals surface area contributed by atoms with Crippen LogP contribution in [0.5, 0.6) is 5.75 Å². The van der Waals surface area contributed by atoms with E-state index in [4.69, 9.17) is 5.11 Å². The molecular weight excluding hydrogens is 166 g/mol. The van der Waals surface area contributed by atoms with Crippen molar-refractivity contribution in [3.63, 3.8) is 0 Å². The second-order valence-corrected chi connectivity index (χ2v) is 2.20. The van der Waals surface area contributed by atoms with Gasteiger partial charge in [0.05, 0.1) is 5.56 Å². The van der Waals surface area contributed by atoms with Crippen LogP contribution < -0.4 is 0 Å². The van der Waals surface area contributed by atoms with Gasteiger partial charge in [-0.3, -0.25) is 4.79 Å². The molecule has 1 rings (SSSR count). The van der Waals surface area contributed by atoms with Gasteiger partial charge in [0.25, 0.3) is 6.43 Å². The summed E-state index contributed by atoms with van der Waals surface area (Å²) < 4.78 is 24.2. The minimum atomic E-state index is -2.74. The summed E-state index contributed by atoms with van der Waals surface area (Å²) in [7, 11) is 0. The van der Waals surface area contributed by atoms with Crippen molar-refractivity contribution < 1.29 is 18.7 Å². The summed E-state index contributed by atoms with van der Waals surface area (Å²) in [5.41, 5.74) is -0.780. The second kappa shape index (κ2) is 3.30. The van der Waals surface area contributed by atoms with E-state index < -0.39 is 17.7 Å². The molecule has 0 bridgehead atoms. The highest BCUT2D eigenvalue weighted by molar-refractivity contribution is 5.81. The van der Waals surface area contributed by atoms with Gasteiger partial charge >= 0.3 is 0 Å². The van der Waals surface area contributed by atoms with Gasteiger partial charge in [0, 0.05) is 5.56 Å². The number of carbonyl (C=O) groups excluding carboxylic acids is 1. The van der Waals surface area contributed by atoms with E-state index in [9.17, 15) is 13.6 Å². The summed E-state index contributed by atoms with van der Waals surface area (Å²) in [5.74, 6) is -0.414. The third kappa shape index (κ3) is 1.42. The lowest BCUT2D eigenvalue weighted by Gasteiger charge is -2.03. The number of hydrogen-bond acceptors (Lipinski definition) is 2. The lowest BCUT2D eigenvalue weighted by molar-refractivity contribution is 0.110. The van der Waals surface area contributed by atoms with Crippen LogP contribution in [0.3, 0.4) is 0 Å². The van der Waals surface area contributed by atoms with Crippen LogP contribution in [0.15, 0.2) is 18.2 Å². The molecule has 0 saturated carbocycles. The van der Waals surface area contributed by atoms with Gasteiger partial charge in [0.15, 0.2) is 6.29 Å². The first-order valence-electron chi connectivity index (χ1n) is 3.22. The predicted octanol–water partition coefficient (Wildman–Crippen LogP) is 2.14. The van der Waals surface area contributed by atoms with Gasteiger partial charge in [0.1, 0.15) is 5.75 Å². The number of phenols is 1.